The second kappa shape index (κ2) is 5.43. The van der Waals surface area contributed by atoms with E-state index in [1.165, 1.54) is 18.5 Å². The average molecular weight is 258 g/mol. The van der Waals surface area contributed by atoms with Gasteiger partial charge in [-0.05, 0) is 13.8 Å². The number of benzene rings is 1. The molecule has 0 saturated carbocycles. The van der Waals surface area contributed by atoms with Crippen molar-refractivity contribution >= 4 is 11.5 Å². The number of aromatic nitrogens is 2. The average Bonchev–Trinajstić information content (AvgIpc) is 2.41. The predicted octanol–water partition coefficient (Wildman–Crippen LogP) is 2.79. The highest BCUT2D eigenvalue weighted by Crippen LogP contribution is 2.27. The first-order valence-electron chi connectivity index (χ1n) is 5.93. The molecule has 1 heterocycles. The molecule has 0 bridgehead atoms. The second-order valence-corrected chi connectivity index (χ2v) is 4.03. The smallest absolute Gasteiger partial charge is 0.270 e. The van der Waals surface area contributed by atoms with Crippen LogP contribution >= 0.6 is 0 Å². The Hall–Kier alpha value is -2.50. The van der Waals surface area contributed by atoms with Crippen LogP contribution in [0.5, 0.6) is 0 Å². The van der Waals surface area contributed by atoms with Gasteiger partial charge in [-0.3, -0.25) is 10.1 Å². The summed E-state index contributed by atoms with van der Waals surface area (Å²) in [5.41, 5.74) is 2.35. The van der Waals surface area contributed by atoms with Gasteiger partial charge < -0.3 is 5.32 Å². The van der Waals surface area contributed by atoms with E-state index in [1.807, 2.05) is 13.8 Å². The highest BCUT2D eigenvalue weighted by molar-refractivity contribution is 5.69. The summed E-state index contributed by atoms with van der Waals surface area (Å²) >= 11 is 0. The molecule has 1 aromatic carbocycles. The van der Waals surface area contributed by atoms with Crippen molar-refractivity contribution in [1.82, 2.24) is 9.97 Å². The zero-order valence-electron chi connectivity index (χ0n) is 10.8. The van der Waals surface area contributed by atoms with Gasteiger partial charge in [-0.25, -0.2) is 9.97 Å². The van der Waals surface area contributed by atoms with Crippen LogP contribution in [0.1, 0.15) is 12.5 Å². The molecule has 0 aliphatic rings. The third-order valence-corrected chi connectivity index (χ3v) is 2.76. The predicted molar refractivity (Wildman–Crippen MR) is 73.0 cm³/mol. The minimum atomic E-state index is -0.411. The monoisotopic (exact) mass is 258 g/mol. The molecule has 0 saturated heterocycles. The molecule has 0 aliphatic heterocycles. The lowest BCUT2D eigenvalue weighted by atomic mass is 10.1. The number of rotatable bonds is 4. The summed E-state index contributed by atoms with van der Waals surface area (Å²) in [6.45, 7) is 4.63. The minimum Gasteiger partial charge on any atom is -0.370 e. The summed E-state index contributed by atoms with van der Waals surface area (Å²) in [6, 6.07) is 6.44. The molecule has 0 aliphatic carbocycles. The lowest BCUT2D eigenvalue weighted by molar-refractivity contribution is -0.384. The highest BCUT2D eigenvalue weighted by Gasteiger charge is 2.12. The van der Waals surface area contributed by atoms with Crippen LogP contribution in [0.4, 0.5) is 11.5 Å². The van der Waals surface area contributed by atoms with Gasteiger partial charge in [0, 0.05) is 29.8 Å². The van der Waals surface area contributed by atoms with Crippen molar-refractivity contribution in [3.8, 4) is 11.3 Å². The number of nitrogens with one attached hydrogen (secondary N) is 1. The van der Waals surface area contributed by atoms with Crippen LogP contribution in [0.2, 0.25) is 0 Å². The number of nitro groups is 1. The van der Waals surface area contributed by atoms with Crippen LogP contribution in [0.15, 0.2) is 30.6 Å². The maximum absolute atomic E-state index is 10.8. The van der Waals surface area contributed by atoms with Gasteiger partial charge in [0.25, 0.3) is 5.69 Å². The van der Waals surface area contributed by atoms with Crippen molar-refractivity contribution in [1.29, 1.82) is 0 Å². The number of hydrogen-bond acceptors (Lipinski definition) is 5. The SMILES string of the molecule is CCNc1ncnc(-c2cccc([N+](=O)[O-])c2)c1C. The Morgan fingerprint density at radius 1 is 1.37 bits per heavy atom. The number of hydrogen-bond donors (Lipinski definition) is 1. The van der Waals surface area contributed by atoms with Crippen molar-refractivity contribution < 1.29 is 4.92 Å². The molecule has 2 rings (SSSR count). The van der Waals surface area contributed by atoms with Crippen molar-refractivity contribution in [3.63, 3.8) is 0 Å². The van der Waals surface area contributed by atoms with E-state index in [0.29, 0.717) is 11.3 Å². The van der Waals surface area contributed by atoms with Crippen molar-refractivity contribution in [2.75, 3.05) is 11.9 Å². The largest absolute Gasteiger partial charge is 0.370 e. The first kappa shape index (κ1) is 12.9. The van der Waals surface area contributed by atoms with E-state index in [4.69, 9.17) is 0 Å². The molecule has 0 unspecified atom stereocenters. The van der Waals surface area contributed by atoms with Crippen LogP contribution in [0, 0.1) is 17.0 Å². The molecular formula is C13H14N4O2. The fraction of sp³-hybridized carbons (Fsp3) is 0.231. The van der Waals surface area contributed by atoms with Crippen molar-refractivity contribution in [2.45, 2.75) is 13.8 Å². The topological polar surface area (TPSA) is 81.0 Å². The molecule has 0 spiro atoms. The molecule has 0 amide bonds. The van der Waals surface area contributed by atoms with E-state index in [2.05, 4.69) is 15.3 Å². The number of anilines is 1. The lowest BCUT2D eigenvalue weighted by Gasteiger charge is -2.10. The van der Waals surface area contributed by atoms with Crippen LogP contribution in [0.25, 0.3) is 11.3 Å². The normalized spacial score (nSPS) is 10.2. The van der Waals surface area contributed by atoms with E-state index in [9.17, 15) is 10.1 Å². The molecule has 19 heavy (non-hydrogen) atoms. The van der Waals surface area contributed by atoms with E-state index < -0.39 is 4.92 Å². The molecule has 6 nitrogen and oxygen atoms in total. The van der Waals surface area contributed by atoms with E-state index in [-0.39, 0.29) is 5.69 Å². The molecule has 6 heteroatoms. The second-order valence-electron chi connectivity index (χ2n) is 4.03. The lowest BCUT2D eigenvalue weighted by Crippen LogP contribution is -2.03. The Kier molecular flexibility index (Phi) is 3.70. The summed E-state index contributed by atoms with van der Waals surface area (Å²) in [7, 11) is 0. The fourth-order valence-electron chi connectivity index (χ4n) is 1.85. The molecule has 1 N–H and O–H groups in total. The summed E-state index contributed by atoms with van der Waals surface area (Å²) in [4.78, 5) is 18.8. The number of non-ortho nitro benzene ring substituents is 1. The van der Waals surface area contributed by atoms with Gasteiger partial charge in [-0.2, -0.15) is 0 Å². The zero-order chi connectivity index (χ0) is 13.8. The third kappa shape index (κ3) is 2.67. The Bertz CT molecular complexity index is 613. The molecule has 2 aromatic rings. The maximum Gasteiger partial charge on any atom is 0.270 e. The molecule has 1 aromatic heterocycles. The van der Waals surface area contributed by atoms with Gasteiger partial charge in [0.2, 0.25) is 0 Å². The van der Waals surface area contributed by atoms with Crippen LogP contribution in [-0.4, -0.2) is 21.4 Å². The third-order valence-electron chi connectivity index (χ3n) is 2.76. The number of nitro benzene ring substituents is 1. The zero-order valence-corrected chi connectivity index (χ0v) is 10.8. The molecule has 98 valence electrons. The van der Waals surface area contributed by atoms with E-state index in [1.54, 1.807) is 12.1 Å². The molecular weight excluding hydrogens is 244 g/mol. The molecule has 0 atom stereocenters. The molecule has 0 fully saturated rings. The van der Waals surface area contributed by atoms with E-state index in [0.717, 1.165) is 17.9 Å². The fourth-order valence-corrected chi connectivity index (χ4v) is 1.85. The first-order chi connectivity index (χ1) is 9.13. The molecule has 0 radical (unpaired) electrons. The summed E-state index contributed by atoms with van der Waals surface area (Å²) in [6.07, 6.45) is 1.46. The van der Waals surface area contributed by atoms with Crippen molar-refractivity contribution in [3.05, 3.63) is 46.3 Å². The maximum atomic E-state index is 10.8. The summed E-state index contributed by atoms with van der Waals surface area (Å²) < 4.78 is 0. The number of nitrogens with zero attached hydrogens (tertiary/aromatic N) is 3. The first-order valence-corrected chi connectivity index (χ1v) is 5.93. The van der Waals surface area contributed by atoms with Gasteiger partial charge in [0.15, 0.2) is 0 Å². The van der Waals surface area contributed by atoms with Crippen LogP contribution < -0.4 is 5.32 Å². The quantitative estimate of drug-likeness (QED) is 0.673. The Balaban J connectivity index is 2.49. The highest BCUT2D eigenvalue weighted by atomic mass is 16.6. The Morgan fingerprint density at radius 3 is 2.84 bits per heavy atom. The van der Waals surface area contributed by atoms with Gasteiger partial charge in [0.1, 0.15) is 12.1 Å². The van der Waals surface area contributed by atoms with Gasteiger partial charge in [0.05, 0.1) is 10.6 Å². The van der Waals surface area contributed by atoms with Crippen molar-refractivity contribution in [2.24, 2.45) is 0 Å². The Morgan fingerprint density at radius 2 is 2.16 bits per heavy atom. The van der Waals surface area contributed by atoms with Gasteiger partial charge in [-0.15, -0.1) is 0 Å². The van der Waals surface area contributed by atoms with Crippen LogP contribution in [0.3, 0.4) is 0 Å². The minimum absolute atomic E-state index is 0.0560. The van der Waals surface area contributed by atoms with E-state index >= 15 is 0 Å². The standard InChI is InChI=1S/C13H14N4O2/c1-3-14-13-9(2)12(15-8-16-13)10-5-4-6-11(7-10)17(18)19/h4-8H,3H2,1-2H3,(H,14,15,16). The summed E-state index contributed by atoms with van der Waals surface area (Å²) in [5, 5.41) is 13.9. The summed E-state index contributed by atoms with van der Waals surface area (Å²) in [5.74, 6) is 0.749. The van der Waals surface area contributed by atoms with Crippen LogP contribution in [-0.2, 0) is 0 Å². The Labute approximate surface area is 110 Å². The van der Waals surface area contributed by atoms with Gasteiger partial charge >= 0.3 is 0 Å². The van der Waals surface area contributed by atoms with Gasteiger partial charge in [-0.1, -0.05) is 12.1 Å².